The molecule has 1 aromatic carbocycles. The Hall–Kier alpha value is -1.46. The maximum Gasteiger partial charge on any atom is 0.281 e. The van der Waals surface area contributed by atoms with E-state index in [2.05, 4.69) is 26.5 Å². The van der Waals surface area contributed by atoms with Crippen LogP contribution < -0.4 is 5.43 Å². The number of carbonyl (C=O) groups is 1. The summed E-state index contributed by atoms with van der Waals surface area (Å²) >= 11 is 4.77. The number of carbonyl (C=O) groups excluding carboxylic acids is 1. The summed E-state index contributed by atoms with van der Waals surface area (Å²) in [5, 5.41) is 5.95. The molecule has 0 aliphatic heterocycles. The van der Waals surface area contributed by atoms with E-state index < -0.39 is 0 Å². The van der Waals surface area contributed by atoms with E-state index >= 15 is 0 Å². The fourth-order valence-corrected chi connectivity index (χ4v) is 2.23. The van der Waals surface area contributed by atoms with E-state index in [0.717, 1.165) is 15.7 Å². The first kappa shape index (κ1) is 13.0. The van der Waals surface area contributed by atoms with Crippen LogP contribution in [0.4, 0.5) is 0 Å². The first-order valence-electron chi connectivity index (χ1n) is 5.31. The second-order valence-corrected chi connectivity index (χ2v) is 5.49. The minimum atomic E-state index is -0.179. The second-order valence-electron chi connectivity index (χ2n) is 3.62. The molecule has 0 aliphatic rings. The summed E-state index contributed by atoms with van der Waals surface area (Å²) < 4.78 is 1.02. The van der Waals surface area contributed by atoms with E-state index in [4.69, 9.17) is 0 Å². The smallest absolute Gasteiger partial charge is 0.266 e. The maximum absolute atomic E-state index is 11.7. The third-order valence-electron chi connectivity index (χ3n) is 2.33. The number of hydrogen-bond donors (Lipinski definition) is 1. The van der Waals surface area contributed by atoms with Crippen molar-refractivity contribution < 1.29 is 4.79 Å². The fourth-order valence-electron chi connectivity index (χ4n) is 1.35. The monoisotopic (exact) mass is 322 g/mol. The van der Waals surface area contributed by atoms with E-state index in [0.29, 0.717) is 4.88 Å². The first-order chi connectivity index (χ1) is 8.66. The van der Waals surface area contributed by atoms with Gasteiger partial charge in [-0.25, -0.2) is 5.43 Å². The molecule has 18 heavy (non-hydrogen) atoms. The average molecular weight is 323 g/mol. The molecule has 0 spiro atoms. The molecule has 1 amide bonds. The van der Waals surface area contributed by atoms with Crippen LogP contribution in [0, 0.1) is 0 Å². The van der Waals surface area contributed by atoms with Crippen LogP contribution >= 0.6 is 27.3 Å². The van der Waals surface area contributed by atoms with Gasteiger partial charge < -0.3 is 0 Å². The van der Waals surface area contributed by atoms with Gasteiger partial charge in [-0.05, 0) is 36.1 Å². The summed E-state index contributed by atoms with van der Waals surface area (Å²) in [6.07, 6.45) is 0. The van der Waals surface area contributed by atoms with Crippen molar-refractivity contribution in [2.75, 3.05) is 0 Å². The van der Waals surface area contributed by atoms with Crippen molar-refractivity contribution in [2.45, 2.75) is 6.92 Å². The lowest BCUT2D eigenvalue weighted by Gasteiger charge is -2.02. The van der Waals surface area contributed by atoms with Gasteiger partial charge in [0.2, 0.25) is 0 Å². The Morgan fingerprint density at radius 2 is 2.00 bits per heavy atom. The molecule has 0 radical (unpaired) electrons. The Kier molecular flexibility index (Phi) is 4.28. The van der Waals surface area contributed by atoms with E-state index in [1.807, 2.05) is 42.6 Å². The highest BCUT2D eigenvalue weighted by atomic mass is 79.9. The highest BCUT2D eigenvalue weighted by molar-refractivity contribution is 9.10. The van der Waals surface area contributed by atoms with Crippen molar-refractivity contribution in [1.82, 2.24) is 5.43 Å². The van der Waals surface area contributed by atoms with Crippen LogP contribution in [0.2, 0.25) is 0 Å². The molecule has 3 nitrogen and oxygen atoms in total. The Bertz CT molecular complexity index is 561. The molecular formula is C13H11BrN2OS. The lowest BCUT2D eigenvalue weighted by molar-refractivity contribution is 0.0959. The van der Waals surface area contributed by atoms with Gasteiger partial charge in [-0.3, -0.25) is 4.79 Å². The van der Waals surface area contributed by atoms with E-state index in [1.165, 1.54) is 11.3 Å². The summed E-state index contributed by atoms with van der Waals surface area (Å²) in [7, 11) is 0. The van der Waals surface area contributed by atoms with E-state index in [-0.39, 0.29) is 5.91 Å². The summed E-state index contributed by atoms with van der Waals surface area (Å²) in [5.41, 5.74) is 4.29. The van der Waals surface area contributed by atoms with Gasteiger partial charge in [-0.1, -0.05) is 34.1 Å². The second kappa shape index (κ2) is 5.93. The van der Waals surface area contributed by atoms with Crippen LogP contribution in [-0.4, -0.2) is 11.6 Å². The van der Waals surface area contributed by atoms with Crippen molar-refractivity contribution in [3.8, 4) is 0 Å². The predicted molar refractivity (Wildman–Crippen MR) is 78.1 cm³/mol. The summed E-state index contributed by atoms with van der Waals surface area (Å²) in [4.78, 5) is 12.3. The fraction of sp³-hybridized carbons (Fsp3) is 0.0769. The topological polar surface area (TPSA) is 41.5 Å². The zero-order valence-electron chi connectivity index (χ0n) is 9.68. The molecule has 0 unspecified atom stereocenters. The van der Waals surface area contributed by atoms with Crippen LogP contribution in [0.5, 0.6) is 0 Å². The van der Waals surface area contributed by atoms with Gasteiger partial charge in [0, 0.05) is 4.47 Å². The standard InChI is InChI=1S/C13H11BrN2OS/c1-9(10-4-6-11(14)7-5-10)15-16-13(17)12-3-2-8-18-12/h2-8H,1H3,(H,16,17)/b15-9+. The van der Waals surface area contributed by atoms with Gasteiger partial charge in [0.25, 0.3) is 5.91 Å². The Labute approximate surface area is 118 Å². The first-order valence-corrected chi connectivity index (χ1v) is 6.98. The molecule has 0 fully saturated rings. The van der Waals surface area contributed by atoms with Crippen molar-refractivity contribution in [2.24, 2.45) is 5.10 Å². The zero-order valence-corrected chi connectivity index (χ0v) is 12.1. The number of thiophene rings is 1. The highest BCUT2D eigenvalue weighted by Gasteiger charge is 2.05. The van der Waals surface area contributed by atoms with Crippen molar-refractivity contribution >= 4 is 38.9 Å². The van der Waals surface area contributed by atoms with Crippen LogP contribution in [0.25, 0.3) is 0 Å². The summed E-state index contributed by atoms with van der Waals surface area (Å²) in [6, 6.07) is 11.4. The van der Waals surface area contributed by atoms with Gasteiger partial charge in [-0.2, -0.15) is 5.10 Å². The normalized spacial score (nSPS) is 11.3. The minimum Gasteiger partial charge on any atom is -0.266 e. The third kappa shape index (κ3) is 3.27. The van der Waals surface area contributed by atoms with Gasteiger partial charge in [0.15, 0.2) is 0 Å². The quantitative estimate of drug-likeness (QED) is 0.680. The Balaban J connectivity index is 2.05. The molecule has 0 saturated heterocycles. The number of nitrogens with zero attached hydrogens (tertiary/aromatic N) is 1. The number of hydrazone groups is 1. The number of amides is 1. The number of halogens is 1. The molecular weight excluding hydrogens is 312 g/mol. The highest BCUT2D eigenvalue weighted by Crippen LogP contribution is 2.11. The SMILES string of the molecule is C/C(=N\NC(=O)c1cccs1)c1ccc(Br)cc1. The number of rotatable bonds is 3. The molecule has 1 N–H and O–H groups in total. The largest absolute Gasteiger partial charge is 0.281 e. The van der Waals surface area contributed by atoms with Crippen molar-refractivity contribution in [1.29, 1.82) is 0 Å². The summed E-state index contributed by atoms with van der Waals surface area (Å²) in [6.45, 7) is 1.86. The van der Waals surface area contributed by atoms with E-state index in [9.17, 15) is 4.79 Å². The molecule has 0 atom stereocenters. The molecule has 2 rings (SSSR count). The Morgan fingerprint density at radius 1 is 1.28 bits per heavy atom. The van der Waals surface area contributed by atoms with Crippen molar-refractivity contribution in [3.05, 3.63) is 56.7 Å². The zero-order chi connectivity index (χ0) is 13.0. The number of hydrogen-bond acceptors (Lipinski definition) is 3. The number of benzene rings is 1. The Morgan fingerprint density at radius 3 is 2.61 bits per heavy atom. The maximum atomic E-state index is 11.7. The van der Waals surface area contributed by atoms with Gasteiger partial charge in [0.05, 0.1) is 10.6 Å². The molecule has 1 heterocycles. The third-order valence-corrected chi connectivity index (χ3v) is 3.73. The van der Waals surface area contributed by atoms with Gasteiger partial charge in [-0.15, -0.1) is 11.3 Å². The van der Waals surface area contributed by atoms with Crippen molar-refractivity contribution in [3.63, 3.8) is 0 Å². The predicted octanol–water partition coefficient (Wildman–Crippen LogP) is 3.66. The minimum absolute atomic E-state index is 0.179. The molecule has 0 saturated carbocycles. The van der Waals surface area contributed by atoms with Gasteiger partial charge in [0.1, 0.15) is 0 Å². The molecule has 0 bridgehead atoms. The van der Waals surface area contributed by atoms with E-state index in [1.54, 1.807) is 6.07 Å². The molecule has 2 aromatic rings. The van der Waals surface area contributed by atoms with Crippen LogP contribution in [0.3, 0.4) is 0 Å². The average Bonchev–Trinajstić information content (AvgIpc) is 2.90. The summed E-state index contributed by atoms with van der Waals surface area (Å²) in [5.74, 6) is -0.179. The molecule has 5 heteroatoms. The van der Waals surface area contributed by atoms with Gasteiger partial charge >= 0.3 is 0 Å². The molecule has 92 valence electrons. The lowest BCUT2D eigenvalue weighted by Crippen LogP contribution is -2.18. The van der Waals surface area contributed by atoms with Crippen LogP contribution in [0.15, 0.2) is 51.4 Å². The molecule has 0 aliphatic carbocycles. The number of nitrogens with one attached hydrogen (secondary N) is 1. The van der Waals surface area contributed by atoms with Crippen LogP contribution in [0.1, 0.15) is 22.2 Å². The lowest BCUT2D eigenvalue weighted by atomic mass is 10.1. The molecule has 1 aromatic heterocycles. The van der Waals surface area contributed by atoms with Crippen LogP contribution in [-0.2, 0) is 0 Å².